The van der Waals surface area contributed by atoms with Gasteiger partial charge in [0.15, 0.2) is 0 Å². The first kappa shape index (κ1) is 24.9. The molecule has 2 atom stereocenters. The van der Waals surface area contributed by atoms with Gasteiger partial charge in [-0.15, -0.1) is 11.3 Å². The standard InChI is InChI=1S/C19H33N5O4S/c1-13(2)17-22-15(11-29-17)10-24(4)12-21-16(18(25)26)7-6-14(8-9-28-5)23-19(27)20-3/h8-9,11,13-14,16,21H,6-7,10,12H2,1-5H3,(H,25,26)(H2,20,23,27). The Hall–Kier alpha value is -2.17. The molecule has 29 heavy (non-hydrogen) atoms. The second-order valence-corrected chi connectivity index (χ2v) is 7.96. The van der Waals surface area contributed by atoms with Gasteiger partial charge < -0.3 is 20.5 Å². The summed E-state index contributed by atoms with van der Waals surface area (Å²) in [4.78, 5) is 29.8. The normalized spacial score (nSPS) is 13.6. The fourth-order valence-electron chi connectivity index (χ4n) is 2.55. The van der Waals surface area contributed by atoms with Crippen molar-refractivity contribution in [2.45, 2.75) is 51.2 Å². The second kappa shape index (κ2) is 13.1. The van der Waals surface area contributed by atoms with E-state index in [-0.39, 0.29) is 12.1 Å². The highest BCUT2D eigenvalue weighted by Gasteiger charge is 2.20. The van der Waals surface area contributed by atoms with E-state index in [0.717, 1.165) is 10.7 Å². The number of carbonyl (C=O) groups is 2. The van der Waals surface area contributed by atoms with Crippen molar-refractivity contribution < 1.29 is 19.4 Å². The Bertz CT molecular complexity index is 665. The van der Waals surface area contributed by atoms with Crippen LogP contribution in [-0.2, 0) is 16.1 Å². The third-order valence-corrected chi connectivity index (χ3v) is 5.35. The van der Waals surface area contributed by atoms with Crippen LogP contribution in [0.2, 0.25) is 0 Å². The summed E-state index contributed by atoms with van der Waals surface area (Å²) in [6.07, 6.45) is 3.95. The number of nitrogens with one attached hydrogen (secondary N) is 3. The summed E-state index contributed by atoms with van der Waals surface area (Å²) in [7, 11) is 4.95. The van der Waals surface area contributed by atoms with Crippen LogP contribution in [0.25, 0.3) is 0 Å². The summed E-state index contributed by atoms with van der Waals surface area (Å²) in [5.74, 6) is -0.527. The molecule has 0 saturated carbocycles. The van der Waals surface area contributed by atoms with E-state index in [9.17, 15) is 14.7 Å². The lowest BCUT2D eigenvalue weighted by molar-refractivity contribution is -0.139. The number of rotatable bonds is 13. The van der Waals surface area contributed by atoms with Crippen LogP contribution < -0.4 is 16.0 Å². The third-order valence-electron chi connectivity index (χ3n) is 4.16. The van der Waals surface area contributed by atoms with E-state index >= 15 is 0 Å². The largest absolute Gasteiger partial charge is 0.505 e. The van der Waals surface area contributed by atoms with E-state index in [1.807, 2.05) is 17.3 Å². The Morgan fingerprint density at radius 3 is 2.66 bits per heavy atom. The van der Waals surface area contributed by atoms with Crippen LogP contribution >= 0.6 is 11.3 Å². The van der Waals surface area contributed by atoms with Crippen LogP contribution in [0.5, 0.6) is 0 Å². The van der Waals surface area contributed by atoms with Crippen molar-refractivity contribution >= 4 is 23.3 Å². The number of aromatic nitrogens is 1. The van der Waals surface area contributed by atoms with Crippen molar-refractivity contribution in [3.05, 3.63) is 28.4 Å². The monoisotopic (exact) mass is 427 g/mol. The Morgan fingerprint density at radius 2 is 2.10 bits per heavy atom. The lowest BCUT2D eigenvalue weighted by Crippen LogP contribution is -2.44. The van der Waals surface area contributed by atoms with Crippen LogP contribution in [-0.4, -0.2) is 66.9 Å². The molecule has 0 aliphatic rings. The predicted octanol–water partition coefficient (Wildman–Crippen LogP) is 1.94. The number of aliphatic carboxylic acids is 1. The third kappa shape index (κ3) is 9.73. The topological polar surface area (TPSA) is 116 Å². The number of nitrogens with zero attached hydrogens (tertiary/aromatic N) is 2. The summed E-state index contributed by atoms with van der Waals surface area (Å²) in [5.41, 5.74) is 0.981. The quantitative estimate of drug-likeness (QED) is 0.281. The Kier molecular flexibility index (Phi) is 11.3. The zero-order valence-corrected chi connectivity index (χ0v) is 18.6. The molecule has 10 heteroatoms. The van der Waals surface area contributed by atoms with Crippen molar-refractivity contribution in [3.63, 3.8) is 0 Å². The molecule has 2 unspecified atom stereocenters. The average Bonchev–Trinajstić information content (AvgIpc) is 3.13. The molecule has 0 radical (unpaired) electrons. The minimum atomic E-state index is -0.927. The van der Waals surface area contributed by atoms with Gasteiger partial charge in [-0.25, -0.2) is 9.78 Å². The van der Waals surface area contributed by atoms with Crippen molar-refractivity contribution in [1.29, 1.82) is 0 Å². The second-order valence-electron chi connectivity index (χ2n) is 7.07. The van der Waals surface area contributed by atoms with Gasteiger partial charge in [0.05, 0.1) is 30.1 Å². The summed E-state index contributed by atoms with van der Waals surface area (Å²) in [5, 5.41) is 21.0. The summed E-state index contributed by atoms with van der Waals surface area (Å²) in [6, 6.07) is -1.40. The number of amides is 2. The van der Waals surface area contributed by atoms with Gasteiger partial charge in [0, 0.05) is 31.6 Å². The maximum absolute atomic E-state index is 11.6. The summed E-state index contributed by atoms with van der Waals surface area (Å²) >= 11 is 1.64. The minimum Gasteiger partial charge on any atom is -0.505 e. The molecule has 0 aromatic carbocycles. The molecule has 0 aliphatic carbocycles. The molecule has 4 N–H and O–H groups in total. The van der Waals surface area contributed by atoms with Crippen LogP contribution in [0.15, 0.2) is 17.7 Å². The highest BCUT2D eigenvalue weighted by Crippen LogP contribution is 2.19. The van der Waals surface area contributed by atoms with Crippen molar-refractivity contribution in [2.24, 2.45) is 0 Å². The number of carboxylic acid groups (broad SMARTS) is 1. The van der Waals surface area contributed by atoms with E-state index in [4.69, 9.17) is 4.74 Å². The van der Waals surface area contributed by atoms with E-state index < -0.39 is 12.0 Å². The van der Waals surface area contributed by atoms with Crippen molar-refractivity contribution in [1.82, 2.24) is 25.8 Å². The summed E-state index contributed by atoms with van der Waals surface area (Å²) in [6.45, 7) is 5.27. The smallest absolute Gasteiger partial charge is 0.320 e. The van der Waals surface area contributed by atoms with Crippen LogP contribution in [0.3, 0.4) is 0 Å². The molecular weight excluding hydrogens is 394 g/mol. The Morgan fingerprint density at radius 1 is 1.38 bits per heavy atom. The lowest BCUT2D eigenvalue weighted by Gasteiger charge is -2.22. The molecule has 2 amide bonds. The maximum Gasteiger partial charge on any atom is 0.320 e. The fourth-order valence-corrected chi connectivity index (χ4v) is 3.37. The maximum atomic E-state index is 11.6. The van der Waals surface area contributed by atoms with E-state index in [1.165, 1.54) is 20.4 Å². The molecule has 0 bridgehead atoms. The average molecular weight is 428 g/mol. The predicted molar refractivity (Wildman–Crippen MR) is 114 cm³/mol. The van der Waals surface area contributed by atoms with Crippen molar-refractivity contribution in [2.75, 3.05) is 27.9 Å². The SMILES string of the molecule is CNC(=O)NC(C=COC)CCC(NCN(C)Cc1csc(C(C)C)n1)C(=O)O. The molecule has 0 fully saturated rings. The van der Waals surface area contributed by atoms with E-state index in [2.05, 4.69) is 34.8 Å². The lowest BCUT2D eigenvalue weighted by atomic mass is 10.1. The first-order valence-corrected chi connectivity index (χ1v) is 10.4. The highest BCUT2D eigenvalue weighted by atomic mass is 32.1. The van der Waals surface area contributed by atoms with Gasteiger partial charge in [0.1, 0.15) is 6.04 Å². The van der Waals surface area contributed by atoms with Gasteiger partial charge in [0.25, 0.3) is 0 Å². The molecule has 1 heterocycles. The van der Waals surface area contributed by atoms with Crippen LogP contribution in [0.4, 0.5) is 4.79 Å². The van der Waals surface area contributed by atoms with Crippen molar-refractivity contribution in [3.8, 4) is 0 Å². The molecule has 1 rings (SSSR count). The number of hydrogen-bond acceptors (Lipinski definition) is 7. The van der Waals surface area contributed by atoms with E-state index in [1.54, 1.807) is 17.4 Å². The van der Waals surface area contributed by atoms with Gasteiger partial charge in [-0.1, -0.05) is 13.8 Å². The Labute approximate surface area is 176 Å². The van der Waals surface area contributed by atoms with Crippen LogP contribution in [0, 0.1) is 0 Å². The van der Waals surface area contributed by atoms with Crippen LogP contribution in [0.1, 0.15) is 43.3 Å². The molecule has 1 aromatic rings. The molecule has 0 saturated heterocycles. The number of ether oxygens (including phenoxy) is 1. The zero-order chi connectivity index (χ0) is 21.8. The first-order valence-electron chi connectivity index (χ1n) is 9.53. The number of carbonyl (C=O) groups excluding carboxylic acids is 1. The molecular formula is C19H33N5O4S. The minimum absolute atomic E-state index is 0.333. The number of methoxy groups -OCH3 is 1. The van der Waals surface area contributed by atoms with Gasteiger partial charge in [-0.05, 0) is 26.0 Å². The zero-order valence-electron chi connectivity index (χ0n) is 17.8. The Balaban J connectivity index is 2.54. The molecule has 0 spiro atoms. The first-order chi connectivity index (χ1) is 13.8. The van der Waals surface area contributed by atoms with Gasteiger partial charge in [0.2, 0.25) is 0 Å². The van der Waals surface area contributed by atoms with E-state index in [0.29, 0.717) is 32.0 Å². The molecule has 164 valence electrons. The van der Waals surface area contributed by atoms with Gasteiger partial charge in [-0.3, -0.25) is 15.0 Å². The highest BCUT2D eigenvalue weighted by molar-refractivity contribution is 7.09. The number of hydrogen-bond donors (Lipinski definition) is 4. The van der Waals surface area contributed by atoms with Gasteiger partial charge in [-0.2, -0.15) is 0 Å². The molecule has 1 aromatic heterocycles. The number of carboxylic acids is 1. The number of thiazole rings is 1. The number of urea groups is 1. The molecule has 9 nitrogen and oxygen atoms in total. The summed E-state index contributed by atoms with van der Waals surface area (Å²) < 4.78 is 4.90. The fraction of sp³-hybridized carbons (Fsp3) is 0.632. The molecule has 0 aliphatic heterocycles. The van der Waals surface area contributed by atoms with Gasteiger partial charge >= 0.3 is 12.0 Å².